The summed E-state index contributed by atoms with van der Waals surface area (Å²) in [6.45, 7) is 8.72. The van der Waals surface area contributed by atoms with Gasteiger partial charge in [0.05, 0.1) is 34.0 Å². The smallest absolute Gasteiger partial charge is 0.264 e. The SMILES string of the molecule is Cc1ccc2sc(N(CCCN3CCOCC3)C(=O)c3ccc(S(=O)(=O)N(C)c4ccccc4)cc3)nc2c1C.Cl. The van der Waals surface area contributed by atoms with E-state index in [2.05, 4.69) is 30.9 Å². The highest BCUT2D eigenvalue weighted by molar-refractivity contribution is 7.92. The third-order valence-electron chi connectivity index (χ3n) is 7.39. The number of hydrogen-bond acceptors (Lipinski definition) is 7. The number of aromatic nitrogens is 1. The normalized spacial score (nSPS) is 14.0. The topological polar surface area (TPSA) is 83.0 Å². The predicted octanol–water partition coefficient (Wildman–Crippen LogP) is 5.53. The molecule has 0 aliphatic carbocycles. The van der Waals surface area contributed by atoms with Crippen molar-refractivity contribution in [3.05, 3.63) is 83.4 Å². The zero-order valence-corrected chi connectivity index (χ0v) is 25.9. The summed E-state index contributed by atoms with van der Waals surface area (Å²) in [7, 11) is -2.25. The van der Waals surface area contributed by atoms with E-state index in [1.54, 1.807) is 41.3 Å². The molecule has 0 spiro atoms. The van der Waals surface area contributed by atoms with Crippen LogP contribution in [0.2, 0.25) is 0 Å². The highest BCUT2D eigenvalue weighted by Gasteiger charge is 2.25. The summed E-state index contributed by atoms with van der Waals surface area (Å²) in [4.78, 5) is 23.0. The van der Waals surface area contributed by atoms with Crippen LogP contribution in [0.1, 0.15) is 27.9 Å². The molecule has 218 valence electrons. The number of carbonyl (C=O) groups is 1. The Morgan fingerprint density at radius 1 is 1.00 bits per heavy atom. The van der Waals surface area contributed by atoms with Gasteiger partial charge in [0.15, 0.2) is 5.13 Å². The largest absolute Gasteiger partial charge is 0.379 e. The third kappa shape index (κ3) is 6.73. The summed E-state index contributed by atoms with van der Waals surface area (Å²) in [6.07, 6.45) is 0.786. The summed E-state index contributed by atoms with van der Waals surface area (Å²) >= 11 is 1.50. The first kappa shape index (κ1) is 30.9. The van der Waals surface area contributed by atoms with Gasteiger partial charge in [0.2, 0.25) is 0 Å². The van der Waals surface area contributed by atoms with Crippen LogP contribution >= 0.6 is 23.7 Å². The molecule has 41 heavy (non-hydrogen) atoms. The van der Waals surface area contributed by atoms with Gasteiger partial charge in [-0.25, -0.2) is 13.4 Å². The number of fused-ring (bicyclic) bond motifs is 1. The van der Waals surface area contributed by atoms with Crippen LogP contribution in [-0.4, -0.2) is 70.6 Å². The maximum Gasteiger partial charge on any atom is 0.264 e. The summed E-state index contributed by atoms with van der Waals surface area (Å²) in [5, 5.41) is 0.649. The Balaban J connectivity index is 0.00000387. The summed E-state index contributed by atoms with van der Waals surface area (Å²) in [5.41, 5.74) is 4.16. The molecule has 1 fully saturated rings. The molecule has 0 bridgehead atoms. The zero-order valence-electron chi connectivity index (χ0n) is 23.4. The van der Waals surface area contributed by atoms with E-state index in [4.69, 9.17) is 9.72 Å². The lowest BCUT2D eigenvalue weighted by Crippen LogP contribution is -2.39. The minimum atomic E-state index is -3.78. The summed E-state index contributed by atoms with van der Waals surface area (Å²) < 4.78 is 34.2. The lowest BCUT2D eigenvalue weighted by atomic mass is 10.1. The van der Waals surface area contributed by atoms with Gasteiger partial charge < -0.3 is 4.74 Å². The molecule has 0 unspecified atom stereocenters. The summed E-state index contributed by atoms with van der Waals surface area (Å²) in [5.74, 6) is -0.198. The average Bonchev–Trinajstić information content (AvgIpc) is 3.42. The zero-order chi connectivity index (χ0) is 28.3. The van der Waals surface area contributed by atoms with Crippen LogP contribution in [0.5, 0.6) is 0 Å². The molecule has 4 aromatic rings. The van der Waals surface area contributed by atoms with E-state index in [0.29, 0.717) is 22.9 Å². The molecule has 3 aromatic carbocycles. The van der Waals surface area contributed by atoms with Gasteiger partial charge in [-0.15, -0.1) is 12.4 Å². The van der Waals surface area contributed by atoms with Crippen molar-refractivity contribution < 1.29 is 17.9 Å². The molecule has 1 saturated heterocycles. The van der Waals surface area contributed by atoms with Crippen molar-refractivity contribution in [3.8, 4) is 0 Å². The number of sulfonamides is 1. The van der Waals surface area contributed by atoms with Crippen molar-refractivity contribution in [3.63, 3.8) is 0 Å². The lowest BCUT2D eigenvalue weighted by molar-refractivity contribution is 0.0376. The van der Waals surface area contributed by atoms with E-state index in [1.807, 2.05) is 6.07 Å². The van der Waals surface area contributed by atoms with Crippen LogP contribution in [0.3, 0.4) is 0 Å². The maximum absolute atomic E-state index is 13.9. The second-order valence-electron chi connectivity index (χ2n) is 9.95. The number of benzene rings is 3. The Morgan fingerprint density at radius 3 is 2.37 bits per heavy atom. The molecular weight excluding hydrogens is 580 g/mol. The number of amides is 1. The molecule has 0 atom stereocenters. The number of ether oxygens (including phenoxy) is 1. The molecule has 0 N–H and O–H groups in total. The molecule has 1 aliphatic heterocycles. The van der Waals surface area contributed by atoms with Crippen LogP contribution in [0.25, 0.3) is 10.2 Å². The van der Waals surface area contributed by atoms with E-state index < -0.39 is 10.0 Å². The number of thiazole rings is 1. The van der Waals surface area contributed by atoms with E-state index in [0.717, 1.165) is 60.6 Å². The molecule has 1 aliphatic rings. The van der Waals surface area contributed by atoms with E-state index in [1.165, 1.54) is 34.8 Å². The number of aryl methyl sites for hydroxylation is 2. The Kier molecular flexibility index (Phi) is 10.0. The van der Waals surface area contributed by atoms with Crippen molar-refractivity contribution in [2.45, 2.75) is 25.2 Å². The number of carbonyl (C=O) groups excluding carboxylic acids is 1. The van der Waals surface area contributed by atoms with Gasteiger partial charge in [0.1, 0.15) is 0 Å². The third-order valence-corrected chi connectivity index (χ3v) is 10.2. The van der Waals surface area contributed by atoms with Crippen LogP contribution in [0, 0.1) is 13.8 Å². The number of halogens is 1. The fourth-order valence-corrected chi connectivity index (χ4v) is 7.00. The number of rotatable bonds is 9. The van der Waals surface area contributed by atoms with Crippen molar-refractivity contribution in [2.24, 2.45) is 0 Å². The van der Waals surface area contributed by atoms with Gasteiger partial charge >= 0.3 is 0 Å². The number of anilines is 2. The van der Waals surface area contributed by atoms with Crippen molar-refractivity contribution in [1.82, 2.24) is 9.88 Å². The number of hydrogen-bond donors (Lipinski definition) is 0. The van der Waals surface area contributed by atoms with Crippen molar-refractivity contribution in [2.75, 3.05) is 55.6 Å². The van der Waals surface area contributed by atoms with Crippen molar-refractivity contribution in [1.29, 1.82) is 0 Å². The fraction of sp³-hybridized carbons (Fsp3) is 0.333. The highest BCUT2D eigenvalue weighted by Crippen LogP contribution is 2.33. The Labute approximate surface area is 252 Å². The van der Waals surface area contributed by atoms with Gasteiger partial charge in [0.25, 0.3) is 15.9 Å². The van der Waals surface area contributed by atoms with Crippen LogP contribution in [-0.2, 0) is 14.8 Å². The molecule has 1 aromatic heterocycles. The molecular formula is C30H35ClN4O4S2. The summed E-state index contributed by atoms with van der Waals surface area (Å²) in [6, 6.07) is 19.2. The number of morpholine rings is 1. The van der Waals surface area contributed by atoms with Crippen molar-refractivity contribution >= 4 is 60.7 Å². The number of para-hydroxylation sites is 1. The standard InChI is InChI=1S/C30H34N4O4S2.ClH/c1-22-10-15-27-28(23(22)2)31-30(39-27)34(17-7-16-33-18-20-38-21-19-33)29(35)24-11-13-26(14-12-24)40(36,37)32(3)25-8-5-4-6-9-25;/h4-6,8-15H,7,16-21H2,1-3H3;1H. The second kappa shape index (κ2) is 13.3. The van der Waals surface area contributed by atoms with Crippen LogP contribution in [0.4, 0.5) is 10.8 Å². The molecule has 5 rings (SSSR count). The first-order valence-corrected chi connectivity index (χ1v) is 15.6. The van der Waals surface area contributed by atoms with E-state index in [-0.39, 0.29) is 23.2 Å². The molecule has 0 radical (unpaired) electrons. The molecule has 2 heterocycles. The predicted molar refractivity (Wildman–Crippen MR) is 168 cm³/mol. The Morgan fingerprint density at radius 2 is 1.68 bits per heavy atom. The van der Waals surface area contributed by atoms with Gasteiger partial charge in [-0.05, 0) is 73.9 Å². The quantitative estimate of drug-likeness (QED) is 0.247. The Hall–Kier alpha value is -3.02. The second-order valence-corrected chi connectivity index (χ2v) is 12.9. The highest BCUT2D eigenvalue weighted by atomic mass is 35.5. The lowest BCUT2D eigenvalue weighted by Gasteiger charge is -2.27. The average molecular weight is 615 g/mol. The molecule has 1 amide bonds. The molecule has 11 heteroatoms. The van der Waals surface area contributed by atoms with Gasteiger partial charge in [-0.1, -0.05) is 35.6 Å². The first-order chi connectivity index (χ1) is 19.3. The van der Waals surface area contributed by atoms with E-state index in [9.17, 15) is 13.2 Å². The number of nitrogens with zero attached hydrogens (tertiary/aromatic N) is 4. The van der Waals surface area contributed by atoms with Gasteiger partial charge in [-0.2, -0.15) is 0 Å². The van der Waals surface area contributed by atoms with Crippen LogP contribution in [0.15, 0.2) is 71.6 Å². The minimum absolute atomic E-state index is 0. The van der Waals surface area contributed by atoms with Crippen LogP contribution < -0.4 is 9.21 Å². The maximum atomic E-state index is 13.9. The van der Waals surface area contributed by atoms with E-state index >= 15 is 0 Å². The fourth-order valence-electron chi connectivity index (χ4n) is 4.75. The molecule has 8 nitrogen and oxygen atoms in total. The minimum Gasteiger partial charge on any atom is -0.379 e. The monoisotopic (exact) mass is 614 g/mol. The first-order valence-electron chi connectivity index (χ1n) is 13.4. The van der Waals surface area contributed by atoms with Gasteiger partial charge in [0, 0.05) is 38.8 Å². The Bertz CT molecular complexity index is 1590. The molecule has 0 saturated carbocycles. The van der Waals surface area contributed by atoms with Gasteiger partial charge in [-0.3, -0.25) is 18.9 Å².